The molecule has 10 heteroatoms. The number of hydrogen-bond donors (Lipinski definition) is 4. The van der Waals surface area contributed by atoms with Gasteiger partial charge in [0.05, 0.1) is 0 Å². The SMILES string of the molecule is O=C1NC(=S)NC(=O)C1CNc1nnc(Cc2c[nH]c3ccccc23)s1. The van der Waals surface area contributed by atoms with Crippen LogP contribution in [0.5, 0.6) is 0 Å². The van der Waals surface area contributed by atoms with Crippen LogP contribution in [0.25, 0.3) is 10.9 Å². The molecule has 8 nitrogen and oxygen atoms in total. The molecular weight excluding hydrogens is 372 g/mol. The lowest BCUT2D eigenvalue weighted by atomic mass is 10.1. The van der Waals surface area contributed by atoms with Gasteiger partial charge in [0, 0.05) is 30.1 Å². The highest BCUT2D eigenvalue weighted by Gasteiger charge is 2.32. The Labute approximate surface area is 157 Å². The average molecular weight is 386 g/mol. The maximum Gasteiger partial charge on any atom is 0.240 e. The van der Waals surface area contributed by atoms with Crippen LogP contribution >= 0.6 is 23.6 Å². The van der Waals surface area contributed by atoms with Crippen molar-refractivity contribution in [3.05, 3.63) is 41.0 Å². The van der Waals surface area contributed by atoms with Gasteiger partial charge in [0.1, 0.15) is 10.9 Å². The molecule has 0 radical (unpaired) electrons. The van der Waals surface area contributed by atoms with E-state index in [9.17, 15) is 9.59 Å². The van der Waals surface area contributed by atoms with E-state index < -0.39 is 17.7 Å². The quantitative estimate of drug-likeness (QED) is 0.387. The van der Waals surface area contributed by atoms with Gasteiger partial charge >= 0.3 is 0 Å². The first-order chi connectivity index (χ1) is 12.6. The number of aromatic nitrogens is 3. The van der Waals surface area contributed by atoms with Crippen molar-refractivity contribution in [2.75, 3.05) is 11.9 Å². The summed E-state index contributed by atoms with van der Waals surface area (Å²) in [6.45, 7) is 0.127. The number of thiocarbonyl (C=S) groups is 1. The largest absolute Gasteiger partial charge is 0.361 e. The second kappa shape index (κ2) is 6.81. The van der Waals surface area contributed by atoms with Crippen LogP contribution in [-0.4, -0.2) is 38.7 Å². The highest BCUT2D eigenvalue weighted by Crippen LogP contribution is 2.24. The first-order valence-corrected chi connectivity index (χ1v) is 9.09. The maximum atomic E-state index is 11.8. The molecule has 1 fully saturated rings. The zero-order valence-corrected chi connectivity index (χ0v) is 15.0. The van der Waals surface area contributed by atoms with E-state index in [0.29, 0.717) is 11.6 Å². The van der Waals surface area contributed by atoms with Crippen molar-refractivity contribution in [2.45, 2.75) is 6.42 Å². The molecule has 3 aromatic rings. The molecule has 2 amide bonds. The molecule has 132 valence electrons. The second-order valence-corrected chi connectivity index (χ2v) is 7.25. The number of anilines is 1. The molecule has 0 aliphatic carbocycles. The van der Waals surface area contributed by atoms with Crippen LogP contribution in [0.4, 0.5) is 5.13 Å². The molecule has 0 unspecified atom stereocenters. The number of carbonyl (C=O) groups is 2. The summed E-state index contributed by atoms with van der Waals surface area (Å²) in [5.74, 6) is -1.70. The average Bonchev–Trinajstić information content (AvgIpc) is 3.22. The highest BCUT2D eigenvalue weighted by atomic mass is 32.1. The molecule has 0 atom stereocenters. The zero-order chi connectivity index (χ0) is 18.1. The molecular formula is C16H14N6O2S2. The van der Waals surface area contributed by atoms with Crippen molar-refractivity contribution < 1.29 is 9.59 Å². The van der Waals surface area contributed by atoms with E-state index in [1.165, 1.54) is 11.3 Å². The molecule has 1 aliphatic rings. The number of rotatable bonds is 5. The summed E-state index contributed by atoms with van der Waals surface area (Å²) in [6, 6.07) is 8.07. The van der Waals surface area contributed by atoms with Gasteiger partial charge in [-0.05, 0) is 23.8 Å². The number of nitrogens with zero attached hydrogens (tertiary/aromatic N) is 2. The van der Waals surface area contributed by atoms with Gasteiger partial charge < -0.3 is 20.9 Å². The highest BCUT2D eigenvalue weighted by molar-refractivity contribution is 7.80. The fourth-order valence-corrected chi connectivity index (χ4v) is 3.73. The topological polar surface area (TPSA) is 112 Å². The van der Waals surface area contributed by atoms with Gasteiger partial charge in [-0.15, -0.1) is 10.2 Å². The smallest absolute Gasteiger partial charge is 0.240 e. The van der Waals surface area contributed by atoms with Crippen molar-refractivity contribution in [2.24, 2.45) is 5.92 Å². The Kier molecular flexibility index (Phi) is 4.35. The van der Waals surface area contributed by atoms with Crippen LogP contribution in [0.2, 0.25) is 0 Å². The van der Waals surface area contributed by atoms with Crippen molar-refractivity contribution >= 4 is 56.5 Å². The van der Waals surface area contributed by atoms with Crippen molar-refractivity contribution in [3.8, 4) is 0 Å². The standard InChI is InChI=1S/C16H14N6O2S2/c23-13-10(14(24)20-15(25)19-13)7-18-16-22-21-12(26-16)5-8-6-17-11-4-2-1-3-9(8)11/h1-4,6,10,17H,5,7H2,(H,18,22)(H2,19,20,23,24,25). The molecule has 26 heavy (non-hydrogen) atoms. The summed E-state index contributed by atoms with van der Waals surface area (Å²) in [4.78, 5) is 26.9. The summed E-state index contributed by atoms with van der Waals surface area (Å²) in [5, 5.41) is 18.7. The first-order valence-electron chi connectivity index (χ1n) is 7.87. The number of benzene rings is 1. The Morgan fingerprint density at radius 2 is 1.92 bits per heavy atom. The number of aromatic amines is 1. The molecule has 3 heterocycles. The van der Waals surface area contributed by atoms with Crippen LogP contribution in [0, 0.1) is 5.92 Å². The number of nitrogens with one attached hydrogen (secondary N) is 4. The lowest BCUT2D eigenvalue weighted by Crippen LogP contribution is -2.57. The third-order valence-electron chi connectivity index (χ3n) is 4.05. The Morgan fingerprint density at radius 3 is 2.73 bits per heavy atom. The first kappa shape index (κ1) is 16.6. The van der Waals surface area contributed by atoms with Gasteiger partial charge in [-0.3, -0.25) is 9.59 Å². The summed E-state index contributed by atoms with van der Waals surface area (Å²) < 4.78 is 0. The maximum absolute atomic E-state index is 11.8. The van der Waals surface area contributed by atoms with Gasteiger partial charge in [0.2, 0.25) is 16.9 Å². The predicted molar refractivity (Wildman–Crippen MR) is 102 cm³/mol. The number of fused-ring (bicyclic) bond motifs is 1. The molecule has 0 bridgehead atoms. The van der Waals surface area contributed by atoms with Crippen LogP contribution in [0.15, 0.2) is 30.5 Å². The summed E-state index contributed by atoms with van der Waals surface area (Å²) in [7, 11) is 0. The molecule has 4 rings (SSSR count). The minimum absolute atomic E-state index is 0.0354. The number of H-pyrrole nitrogens is 1. The lowest BCUT2D eigenvalue weighted by Gasteiger charge is -2.22. The molecule has 1 saturated heterocycles. The van der Waals surface area contributed by atoms with E-state index in [-0.39, 0.29) is 11.7 Å². The minimum Gasteiger partial charge on any atom is -0.361 e. The van der Waals surface area contributed by atoms with E-state index >= 15 is 0 Å². The monoisotopic (exact) mass is 386 g/mol. The number of amides is 2. The van der Waals surface area contributed by atoms with E-state index in [0.717, 1.165) is 21.5 Å². The van der Waals surface area contributed by atoms with E-state index in [1.807, 2.05) is 24.4 Å². The molecule has 0 saturated carbocycles. The lowest BCUT2D eigenvalue weighted by molar-refractivity contribution is -0.134. The summed E-state index contributed by atoms with van der Waals surface area (Å²) >= 11 is 6.17. The van der Waals surface area contributed by atoms with Crippen LogP contribution in [0.3, 0.4) is 0 Å². The van der Waals surface area contributed by atoms with Crippen molar-refractivity contribution in [1.29, 1.82) is 0 Å². The Bertz CT molecular complexity index is 991. The Balaban J connectivity index is 1.41. The third-order valence-corrected chi connectivity index (χ3v) is 5.13. The zero-order valence-electron chi connectivity index (χ0n) is 13.4. The van der Waals surface area contributed by atoms with Gasteiger partial charge in [0.15, 0.2) is 5.11 Å². The van der Waals surface area contributed by atoms with E-state index in [2.05, 4.69) is 37.2 Å². The number of carbonyl (C=O) groups excluding carboxylic acids is 2. The molecule has 1 aromatic carbocycles. The molecule has 2 aromatic heterocycles. The van der Waals surface area contributed by atoms with Crippen LogP contribution in [0.1, 0.15) is 10.6 Å². The van der Waals surface area contributed by atoms with E-state index in [1.54, 1.807) is 0 Å². The van der Waals surface area contributed by atoms with Gasteiger partial charge in [-0.2, -0.15) is 0 Å². The Morgan fingerprint density at radius 1 is 1.15 bits per heavy atom. The van der Waals surface area contributed by atoms with Crippen molar-refractivity contribution in [3.63, 3.8) is 0 Å². The van der Waals surface area contributed by atoms with Crippen LogP contribution < -0.4 is 16.0 Å². The minimum atomic E-state index is -0.859. The molecule has 0 spiro atoms. The van der Waals surface area contributed by atoms with E-state index in [4.69, 9.17) is 12.2 Å². The van der Waals surface area contributed by atoms with Crippen molar-refractivity contribution in [1.82, 2.24) is 25.8 Å². The van der Waals surface area contributed by atoms with Crippen LogP contribution in [-0.2, 0) is 16.0 Å². The predicted octanol–water partition coefficient (Wildman–Crippen LogP) is 1.17. The van der Waals surface area contributed by atoms with Gasteiger partial charge in [-0.1, -0.05) is 29.5 Å². The number of hydrogen-bond acceptors (Lipinski definition) is 7. The fraction of sp³-hybridized carbons (Fsp3) is 0.188. The fourth-order valence-electron chi connectivity index (χ4n) is 2.76. The third kappa shape index (κ3) is 3.28. The normalized spacial score (nSPS) is 15.2. The summed E-state index contributed by atoms with van der Waals surface area (Å²) in [5.41, 5.74) is 2.22. The van der Waals surface area contributed by atoms with Gasteiger partial charge in [-0.25, -0.2) is 0 Å². The van der Waals surface area contributed by atoms with Gasteiger partial charge in [0.25, 0.3) is 0 Å². The number of para-hydroxylation sites is 1. The second-order valence-electron chi connectivity index (χ2n) is 5.78. The Hall–Kier alpha value is -2.85. The summed E-state index contributed by atoms with van der Waals surface area (Å²) in [6.07, 6.45) is 2.63. The molecule has 4 N–H and O–H groups in total. The molecule has 1 aliphatic heterocycles.